The molecule has 0 saturated carbocycles. The molecule has 2 aliphatic rings. The van der Waals surface area contributed by atoms with E-state index in [0.29, 0.717) is 19.8 Å². The maximum atomic E-state index is 12.6. The van der Waals surface area contributed by atoms with Crippen molar-refractivity contribution in [3.8, 4) is 11.5 Å². The Hall–Kier alpha value is -1.80. The van der Waals surface area contributed by atoms with E-state index in [1.807, 2.05) is 30.3 Å². The van der Waals surface area contributed by atoms with Crippen molar-refractivity contribution in [2.75, 3.05) is 31.6 Å². The van der Waals surface area contributed by atoms with Crippen LogP contribution < -0.4 is 14.8 Å². The van der Waals surface area contributed by atoms with Gasteiger partial charge in [-0.3, -0.25) is 9.69 Å². The van der Waals surface area contributed by atoms with Gasteiger partial charge >= 0.3 is 0 Å². The molecule has 2 aromatic carbocycles. The Bertz CT molecular complexity index is 827. The number of rotatable bonds is 4. The number of benzene rings is 2. The average Bonchev–Trinajstić information content (AvgIpc) is 2.99. The number of carbonyl (C=O) groups excluding carboxylic acids is 1. The van der Waals surface area contributed by atoms with Crippen LogP contribution in [0.15, 0.2) is 42.5 Å². The number of hydrogen-bond donors (Lipinski definition) is 1. The van der Waals surface area contributed by atoms with Gasteiger partial charge in [-0.05, 0) is 71.8 Å². The molecule has 1 N–H and O–H groups in total. The second kappa shape index (κ2) is 8.48. The van der Waals surface area contributed by atoms with E-state index in [9.17, 15) is 4.79 Å². The molecule has 1 atom stereocenters. The number of ether oxygens (including phenoxy) is 2. The summed E-state index contributed by atoms with van der Waals surface area (Å²) in [5.74, 6) is 1.66. The third-order valence-corrected chi connectivity index (χ3v) is 5.96. The molecular formula is C21H23IN2O3. The molecule has 0 bridgehead atoms. The van der Waals surface area contributed by atoms with E-state index in [0.717, 1.165) is 46.6 Å². The van der Waals surface area contributed by atoms with E-state index in [-0.39, 0.29) is 11.9 Å². The maximum Gasteiger partial charge on any atom is 0.238 e. The highest BCUT2D eigenvalue weighted by atomic mass is 127. The normalized spacial score (nSPS) is 19.5. The number of para-hydroxylation sites is 1. The molecule has 1 saturated heterocycles. The minimum atomic E-state index is 0.0281. The minimum absolute atomic E-state index is 0.0281. The molecule has 2 aromatic rings. The lowest BCUT2D eigenvalue weighted by Gasteiger charge is -2.25. The molecule has 6 heteroatoms. The second-order valence-electron chi connectivity index (χ2n) is 6.91. The number of likely N-dealkylation sites (tertiary alicyclic amines) is 1. The molecule has 5 nitrogen and oxygen atoms in total. The van der Waals surface area contributed by atoms with E-state index >= 15 is 0 Å². The van der Waals surface area contributed by atoms with Crippen LogP contribution in [0.4, 0.5) is 5.69 Å². The number of anilines is 1. The van der Waals surface area contributed by atoms with Gasteiger partial charge in [-0.1, -0.05) is 18.2 Å². The van der Waals surface area contributed by atoms with Crippen molar-refractivity contribution in [2.45, 2.75) is 25.3 Å². The van der Waals surface area contributed by atoms with Gasteiger partial charge < -0.3 is 14.8 Å². The van der Waals surface area contributed by atoms with Gasteiger partial charge in [-0.25, -0.2) is 0 Å². The number of nitrogens with one attached hydrogen (secondary N) is 1. The van der Waals surface area contributed by atoms with Crippen LogP contribution in [0.5, 0.6) is 11.5 Å². The molecule has 0 aliphatic carbocycles. The first-order chi connectivity index (χ1) is 13.2. The molecule has 2 aliphatic heterocycles. The van der Waals surface area contributed by atoms with E-state index in [1.165, 1.54) is 5.56 Å². The first kappa shape index (κ1) is 18.6. The molecule has 0 aromatic heterocycles. The summed E-state index contributed by atoms with van der Waals surface area (Å²) in [5, 5.41) is 3.03. The van der Waals surface area contributed by atoms with E-state index < -0.39 is 0 Å². The van der Waals surface area contributed by atoms with Crippen molar-refractivity contribution in [2.24, 2.45) is 0 Å². The van der Waals surface area contributed by atoms with Gasteiger partial charge in [-0.2, -0.15) is 0 Å². The molecule has 1 amide bonds. The van der Waals surface area contributed by atoms with Crippen LogP contribution in [-0.2, 0) is 4.79 Å². The van der Waals surface area contributed by atoms with Crippen molar-refractivity contribution < 1.29 is 14.3 Å². The SMILES string of the molecule is O=C(CN1CCCC1c1ccc2c(c1)OCCCO2)Nc1ccccc1I. The Morgan fingerprint density at radius 1 is 1.11 bits per heavy atom. The first-order valence-electron chi connectivity index (χ1n) is 9.39. The van der Waals surface area contributed by atoms with E-state index in [1.54, 1.807) is 0 Å². The van der Waals surface area contributed by atoms with Crippen molar-refractivity contribution in [1.29, 1.82) is 0 Å². The lowest BCUT2D eigenvalue weighted by Crippen LogP contribution is -2.33. The van der Waals surface area contributed by atoms with Gasteiger partial charge in [0, 0.05) is 16.0 Å². The molecule has 4 rings (SSSR count). The molecule has 27 heavy (non-hydrogen) atoms. The van der Waals surface area contributed by atoms with Gasteiger partial charge in [0.25, 0.3) is 0 Å². The number of fused-ring (bicyclic) bond motifs is 1. The number of carbonyl (C=O) groups is 1. The van der Waals surface area contributed by atoms with E-state index in [4.69, 9.17) is 9.47 Å². The molecule has 0 spiro atoms. The molecular weight excluding hydrogens is 455 g/mol. The quantitative estimate of drug-likeness (QED) is 0.669. The smallest absolute Gasteiger partial charge is 0.238 e. The van der Waals surface area contributed by atoms with Crippen LogP contribution in [0, 0.1) is 3.57 Å². The summed E-state index contributed by atoms with van der Waals surface area (Å²) in [6.07, 6.45) is 3.04. The summed E-state index contributed by atoms with van der Waals surface area (Å²) < 4.78 is 12.6. The zero-order chi connectivity index (χ0) is 18.6. The monoisotopic (exact) mass is 478 g/mol. The fraction of sp³-hybridized carbons (Fsp3) is 0.381. The average molecular weight is 478 g/mol. The van der Waals surface area contributed by atoms with E-state index in [2.05, 4.69) is 44.9 Å². The summed E-state index contributed by atoms with van der Waals surface area (Å²) >= 11 is 2.24. The number of hydrogen-bond acceptors (Lipinski definition) is 4. The second-order valence-corrected chi connectivity index (χ2v) is 8.08. The molecule has 2 heterocycles. The van der Waals surface area contributed by atoms with Crippen LogP contribution in [0.3, 0.4) is 0 Å². The Morgan fingerprint density at radius 3 is 2.78 bits per heavy atom. The standard InChI is InChI=1S/C21H23IN2O3/c22-16-5-1-2-6-17(16)23-21(25)14-24-10-3-7-18(24)15-8-9-19-20(13-15)27-12-4-11-26-19/h1-2,5-6,8-9,13,18H,3-4,7,10-12,14H2,(H,23,25). The van der Waals surface area contributed by atoms with Crippen molar-refractivity contribution >= 4 is 34.2 Å². The van der Waals surface area contributed by atoms with Crippen LogP contribution in [-0.4, -0.2) is 37.1 Å². The summed E-state index contributed by atoms with van der Waals surface area (Å²) in [5.41, 5.74) is 2.06. The summed E-state index contributed by atoms with van der Waals surface area (Å²) in [6.45, 7) is 2.70. The summed E-state index contributed by atoms with van der Waals surface area (Å²) in [4.78, 5) is 14.8. The first-order valence-corrected chi connectivity index (χ1v) is 10.5. The van der Waals surface area contributed by atoms with Crippen molar-refractivity contribution in [3.05, 3.63) is 51.6 Å². The number of nitrogens with zero attached hydrogens (tertiary/aromatic N) is 1. The van der Waals surface area contributed by atoms with Gasteiger partial charge in [0.05, 0.1) is 25.4 Å². The van der Waals surface area contributed by atoms with Gasteiger partial charge in [0.15, 0.2) is 11.5 Å². The van der Waals surface area contributed by atoms with Crippen LogP contribution in [0.25, 0.3) is 0 Å². The molecule has 1 unspecified atom stereocenters. The third-order valence-electron chi connectivity index (χ3n) is 5.01. The Kier molecular flexibility index (Phi) is 5.83. The van der Waals surface area contributed by atoms with Crippen molar-refractivity contribution in [3.63, 3.8) is 0 Å². The molecule has 0 radical (unpaired) electrons. The highest BCUT2D eigenvalue weighted by Gasteiger charge is 2.28. The molecule has 1 fully saturated rings. The maximum absolute atomic E-state index is 12.6. The topological polar surface area (TPSA) is 50.8 Å². The molecule has 142 valence electrons. The number of amides is 1. The predicted octanol–water partition coefficient (Wildman–Crippen LogP) is 4.23. The highest BCUT2D eigenvalue weighted by molar-refractivity contribution is 14.1. The fourth-order valence-corrected chi connectivity index (χ4v) is 4.24. The predicted molar refractivity (Wildman–Crippen MR) is 113 cm³/mol. The van der Waals surface area contributed by atoms with Crippen LogP contribution in [0.2, 0.25) is 0 Å². The van der Waals surface area contributed by atoms with Crippen molar-refractivity contribution in [1.82, 2.24) is 4.90 Å². The van der Waals surface area contributed by atoms with Gasteiger partial charge in [0.1, 0.15) is 0 Å². The van der Waals surface area contributed by atoms with Crippen LogP contribution in [0.1, 0.15) is 30.9 Å². The highest BCUT2D eigenvalue weighted by Crippen LogP contribution is 2.37. The lowest BCUT2D eigenvalue weighted by molar-refractivity contribution is -0.117. The zero-order valence-corrected chi connectivity index (χ0v) is 17.3. The third kappa shape index (κ3) is 4.38. The van der Waals surface area contributed by atoms with Gasteiger partial charge in [0.2, 0.25) is 5.91 Å². The largest absolute Gasteiger partial charge is 0.490 e. The van der Waals surface area contributed by atoms with Gasteiger partial charge in [-0.15, -0.1) is 0 Å². The minimum Gasteiger partial charge on any atom is -0.490 e. The lowest BCUT2D eigenvalue weighted by atomic mass is 10.0. The Balaban J connectivity index is 1.45. The Morgan fingerprint density at radius 2 is 1.93 bits per heavy atom. The zero-order valence-electron chi connectivity index (χ0n) is 15.1. The summed E-state index contributed by atoms with van der Waals surface area (Å²) in [7, 11) is 0. The summed E-state index contributed by atoms with van der Waals surface area (Å²) in [6, 6.07) is 14.3. The van der Waals surface area contributed by atoms with Crippen LogP contribution >= 0.6 is 22.6 Å². The Labute approximate surface area is 173 Å². The number of halogens is 1. The fourth-order valence-electron chi connectivity index (χ4n) is 3.72.